The van der Waals surface area contributed by atoms with Gasteiger partial charge in [-0.1, -0.05) is 0 Å². The third-order valence-electron chi connectivity index (χ3n) is 2.46. The second kappa shape index (κ2) is 4.17. The van der Waals surface area contributed by atoms with Crippen LogP contribution in [0.1, 0.15) is 27.7 Å². The molecule has 2 amide bonds. The molecule has 4 heteroatoms. The van der Waals surface area contributed by atoms with Gasteiger partial charge in [0.1, 0.15) is 0 Å². The van der Waals surface area contributed by atoms with E-state index < -0.39 is 0 Å². The Balaban J connectivity index is 2.60. The van der Waals surface area contributed by atoms with E-state index in [2.05, 4.69) is 24.5 Å². The Morgan fingerprint density at radius 1 is 1.50 bits per heavy atom. The molecule has 0 aromatic rings. The van der Waals surface area contributed by atoms with Crippen LogP contribution in [0.25, 0.3) is 0 Å². The standard InChI is InChI=1S/C10H21N3O/c1-8(2)12-9(14)13-6-5-11-7-10(13,3)4/h8,11H,5-7H2,1-4H3,(H,12,14). The Kier molecular flexibility index (Phi) is 3.37. The average Bonchev–Trinajstić information content (AvgIpc) is 2.01. The first-order chi connectivity index (χ1) is 6.43. The summed E-state index contributed by atoms with van der Waals surface area (Å²) in [7, 11) is 0. The van der Waals surface area contributed by atoms with Crippen molar-refractivity contribution in [2.75, 3.05) is 19.6 Å². The quantitative estimate of drug-likeness (QED) is 0.655. The lowest BCUT2D eigenvalue weighted by Crippen LogP contribution is -2.62. The molecule has 0 aliphatic carbocycles. The molecule has 0 aromatic heterocycles. The van der Waals surface area contributed by atoms with E-state index in [0.717, 1.165) is 19.6 Å². The van der Waals surface area contributed by atoms with Crippen molar-refractivity contribution in [1.29, 1.82) is 0 Å². The highest BCUT2D eigenvalue weighted by Crippen LogP contribution is 2.15. The fraction of sp³-hybridized carbons (Fsp3) is 0.900. The largest absolute Gasteiger partial charge is 0.336 e. The van der Waals surface area contributed by atoms with Gasteiger partial charge in [0.25, 0.3) is 0 Å². The minimum atomic E-state index is -0.0861. The zero-order valence-electron chi connectivity index (χ0n) is 9.55. The number of hydrogen-bond acceptors (Lipinski definition) is 2. The molecule has 1 aliphatic heterocycles. The molecule has 1 rings (SSSR count). The summed E-state index contributed by atoms with van der Waals surface area (Å²) in [5.41, 5.74) is -0.0861. The van der Waals surface area contributed by atoms with Crippen LogP contribution < -0.4 is 10.6 Å². The van der Waals surface area contributed by atoms with E-state index >= 15 is 0 Å². The van der Waals surface area contributed by atoms with Crippen molar-refractivity contribution >= 4 is 6.03 Å². The third kappa shape index (κ3) is 2.61. The molecule has 0 aromatic carbocycles. The summed E-state index contributed by atoms with van der Waals surface area (Å²) in [6.07, 6.45) is 0. The molecule has 0 saturated carbocycles. The molecule has 2 N–H and O–H groups in total. The summed E-state index contributed by atoms with van der Waals surface area (Å²) >= 11 is 0. The van der Waals surface area contributed by atoms with Crippen LogP contribution in [0.4, 0.5) is 4.79 Å². The Morgan fingerprint density at radius 3 is 2.64 bits per heavy atom. The van der Waals surface area contributed by atoms with Gasteiger partial charge in [-0.2, -0.15) is 0 Å². The number of carbonyl (C=O) groups excluding carboxylic acids is 1. The molecule has 1 saturated heterocycles. The number of piperazine rings is 1. The van der Waals surface area contributed by atoms with Crippen LogP contribution in [0, 0.1) is 0 Å². The van der Waals surface area contributed by atoms with Crippen LogP contribution in [0.2, 0.25) is 0 Å². The Bertz CT molecular complexity index is 213. The first-order valence-electron chi connectivity index (χ1n) is 5.22. The molecule has 0 atom stereocenters. The monoisotopic (exact) mass is 199 g/mol. The van der Waals surface area contributed by atoms with Gasteiger partial charge in [0.15, 0.2) is 0 Å². The summed E-state index contributed by atoms with van der Waals surface area (Å²) in [5.74, 6) is 0. The zero-order chi connectivity index (χ0) is 10.8. The van der Waals surface area contributed by atoms with Crippen molar-refractivity contribution in [3.05, 3.63) is 0 Å². The summed E-state index contributed by atoms with van der Waals surface area (Å²) < 4.78 is 0. The molecule has 14 heavy (non-hydrogen) atoms. The maximum Gasteiger partial charge on any atom is 0.318 e. The van der Waals surface area contributed by atoms with E-state index in [4.69, 9.17) is 0 Å². The van der Waals surface area contributed by atoms with Crippen LogP contribution in [0.5, 0.6) is 0 Å². The first-order valence-corrected chi connectivity index (χ1v) is 5.22. The van der Waals surface area contributed by atoms with Crippen LogP contribution >= 0.6 is 0 Å². The van der Waals surface area contributed by atoms with E-state index in [1.807, 2.05) is 18.7 Å². The normalized spacial score (nSPS) is 21.1. The molecule has 4 nitrogen and oxygen atoms in total. The second-order valence-electron chi connectivity index (χ2n) is 4.75. The lowest BCUT2D eigenvalue weighted by molar-refractivity contribution is 0.112. The van der Waals surface area contributed by atoms with Crippen molar-refractivity contribution in [2.24, 2.45) is 0 Å². The van der Waals surface area contributed by atoms with Crippen LogP contribution in [-0.4, -0.2) is 42.1 Å². The van der Waals surface area contributed by atoms with Crippen LogP contribution in [0.3, 0.4) is 0 Å². The Labute approximate surface area is 86.0 Å². The third-order valence-corrected chi connectivity index (χ3v) is 2.46. The maximum atomic E-state index is 11.8. The van der Waals surface area contributed by atoms with E-state index in [1.165, 1.54) is 0 Å². The van der Waals surface area contributed by atoms with Crippen molar-refractivity contribution in [2.45, 2.75) is 39.3 Å². The van der Waals surface area contributed by atoms with Gasteiger partial charge in [-0.25, -0.2) is 4.79 Å². The molecule has 1 aliphatic rings. The highest BCUT2D eigenvalue weighted by molar-refractivity contribution is 5.75. The van der Waals surface area contributed by atoms with Gasteiger partial charge >= 0.3 is 6.03 Å². The van der Waals surface area contributed by atoms with Crippen LogP contribution in [0.15, 0.2) is 0 Å². The minimum Gasteiger partial charge on any atom is -0.336 e. The van der Waals surface area contributed by atoms with Gasteiger partial charge in [-0.05, 0) is 27.7 Å². The van der Waals surface area contributed by atoms with E-state index in [1.54, 1.807) is 0 Å². The number of hydrogen-bond donors (Lipinski definition) is 2. The Hall–Kier alpha value is -0.770. The molecular formula is C10H21N3O. The van der Waals surface area contributed by atoms with Crippen molar-refractivity contribution < 1.29 is 4.79 Å². The van der Waals surface area contributed by atoms with Crippen molar-refractivity contribution in [1.82, 2.24) is 15.5 Å². The van der Waals surface area contributed by atoms with Crippen molar-refractivity contribution in [3.63, 3.8) is 0 Å². The number of urea groups is 1. The van der Waals surface area contributed by atoms with Crippen LogP contribution in [-0.2, 0) is 0 Å². The van der Waals surface area contributed by atoms with Gasteiger partial charge < -0.3 is 15.5 Å². The first kappa shape index (κ1) is 11.3. The average molecular weight is 199 g/mol. The number of nitrogens with one attached hydrogen (secondary N) is 2. The fourth-order valence-electron chi connectivity index (χ4n) is 1.68. The maximum absolute atomic E-state index is 11.8. The second-order valence-corrected chi connectivity index (χ2v) is 4.75. The SMILES string of the molecule is CC(C)NC(=O)N1CCNCC1(C)C. The smallest absolute Gasteiger partial charge is 0.318 e. The molecule has 82 valence electrons. The van der Waals surface area contributed by atoms with Gasteiger partial charge in [-0.15, -0.1) is 0 Å². The van der Waals surface area contributed by atoms with E-state index in [0.29, 0.717) is 0 Å². The summed E-state index contributed by atoms with van der Waals surface area (Å²) in [6, 6.07) is 0.250. The van der Waals surface area contributed by atoms with Gasteiger partial charge in [0.05, 0.1) is 5.54 Å². The summed E-state index contributed by atoms with van der Waals surface area (Å²) in [6.45, 7) is 10.7. The molecule has 0 spiro atoms. The molecule has 1 heterocycles. The van der Waals surface area contributed by atoms with Gasteiger partial charge in [0.2, 0.25) is 0 Å². The Morgan fingerprint density at radius 2 is 2.14 bits per heavy atom. The zero-order valence-corrected chi connectivity index (χ0v) is 9.55. The molecule has 0 bridgehead atoms. The predicted octanol–water partition coefficient (Wildman–Crippen LogP) is 0.788. The van der Waals surface area contributed by atoms with Crippen molar-refractivity contribution in [3.8, 4) is 0 Å². The molecule has 1 fully saturated rings. The summed E-state index contributed by atoms with van der Waals surface area (Å²) in [4.78, 5) is 13.7. The highest BCUT2D eigenvalue weighted by Gasteiger charge is 2.33. The fourth-order valence-corrected chi connectivity index (χ4v) is 1.68. The minimum absolute atomic E-state index is 0.0477. The summed E-state index contributed by atoms with van der Waals surface area (Å²) in [5, 5.41) is 6.22. The topological polar surface area (TPSA) is 44.4 Å². The number of rotatable bonds is 1. The predicted molar refractivity (Wildman–Crippen MR) is 57.3 cm³/mol. The number of amides is 2. The van der Waals surface area contributed by atoms with E-state index in [9.17, 15) is 4.79 Å². The number of nitrogens with zero attached hydrogens (tertiary/aromatic N) is 1. The molecular weight excluding hydrogens is 178 g/mol. The van der Waals surface area contributed by atoms with Gasteiger partial charge in [0, 0.05) is 25.7 Å². The highest BCUT2D eigenvalue weighted by atomic mass is 16.2. The van der Waals surface area contributed by atoms with E-state index in [-0.39, 0.29) is 17.6 Å². The lowest BCUT2D eigenvalue weighted by atomic mass is 10.0. The number of carbonyl (C=O) groups is 1. The molecule has 0 radical (unpaired) electrons. The van der Waals surface area contributed by atoms with Gasteiger partial charge in [-0.3, -0.25) is 0 Å². The molecule has 0 unspecified atom stereocenters. The lowest BCUT2D eigenvalue weighted by Gasteiger charge is -2.42.